The van der Waals surface area contributed by atoms with Crippen LogP contribution in [0.4, 0.5) is 0 Å². The molecule has 104 valence electrons. The summed E-state index contributed by atoms with van der Waals surface area (Å²) in [5, 5.41) is 22.5. The van der Waals surface area contributed by atoms with E-state index in [1.165, 1.54) is 4.88 Å². The van der Waals surface area contributed by atoms with E-state index in [9.17, 15) is 5.11 Å². The molecule has 0 radical (unpaired) electrons. The molecule has 0 aliphatic carbocycles. The molecule has 0 saturated heterocycles. The van der Waals surface area contributed by atoms with Crippen molar-refractivity contribution in [3.05, 3.63) is 45.4 Å². The fraction of sp³-hybridized carbons (Fsp3) is 0.333. The van der Waals surface area contributed by atoms with E-state index in [0.717, 1.165) is 17.7 Å². The van der Waals surface area contributed by atoms with Crippen LogP contribution in [0.5, 0.6) is 5.75 Å². The van der Waals surface area contributed by atoms with Crippen molar-refractivity contribution in [3.63, 3.8) is 0 Å². The SMILES string of the molecule is CCC(NCc1scnc1C)c1cccc(C#N)c1O. The van der Waals surface area contributed by atoms with E-state index in [0.29, 0.717) is 12.1 Å². The third-order valence-corrected chi connectivity index (χ3v) is 4.26. The van der Waals surface area contributed by atoms with E-state index in [-0.39, 0.29) is 11.8 Å². The lowest BCUT2D eigenvalue weighted by atomic mass is 10.0. The van der Waals surface area contributed by atoms with Crippen LogP contribution in [-0.2, 0) is 6.54 Å². The highest BCUT2D eigenvalue weighted by molar-refractivity contribution is 7.09. The van der Waals surface area contributed by atoms with Crippen LogP contribution in [0.1, 0.15) is 41.1 Å². The molecule has 0 fully saturated rings. The zero-order valence-electron chi connectivity index (χ0n) is 11.6. The maximum atomic E-state index is 10.1. The molecule has 1 heterocycles. The topological polar surface area (TPSA) is 68.9 Å². The number of nitrogens with zero attached hydrogens (tertiary/aromatic N) is 2. The Hall–Kier alpha value is -1.90. The van der Waals surface area contributed by atoms with E-state index in [1.54, 1.807) is 23.5 Å². The number of aryl methyl sites for hydroxylation is 1. The highest BCUT2D eigenvalue weighted by Crippen LogP contribution is 2.29. The fourth-order valence-corrected chi connectivity index (χ4v) is 2.85. The summed E-state index contributed by atoms with van der Waals surface area (Å²) in [6.07, 6.45) is 0.834. The van der Waals surface area contributed by atoms with Crippen molar-refractivity contribution >= 4 is 11.3 Å². The molecule has 2 rings (SSSR count). The number of nitriles is 1. The molecule has 0 bridgehead atoms. The van der Waals surface area contributed by atoms with Gasteiger partial charge in [-0.3, -0.25) is 0 Å². The molecule has 2 aromatic rings. The predicted octanol–water partition coefficient (Wildman–Crippen LogP) is 3.27. The lowest BCUT2D eigenvalue weighted by molar-refractivity contribution is 0.440. The Labute approximate surface area is 122 Å². The standard InChI is InChI=1S/C15H17N3OS/c1-3-13(17-8-14-10(2)18-9-20-14)12-6-4-5-11(7-16)15(12)19/h4-6,9,13,17,19H,3,8H2,1-2H3. The lowest BCUT2D eigenvalue weighted by Gasteiger charge is -2.18. The van der Waals surface area contributed by atoms with E-state index < -0.39 is 0 Å². The van der Waals surface area contributed by atoms with Gasteiger partial charge in [0, 0.05) is 23.0 Å². The van der Waals surface area contributed by atoms with Crippen LogP contribution in [0.2, 0.25) is 0 Å². The number of para-hydroxylation sites is 1. The molecule has 1 atom stereocenters. The van der Waals surface area contributed by atoms with Crippen molar-refractivity contribution in [1.82, 2.24) is 10.3 Å². The first-order valence-electron chi connectivity index (χ1n) is 6.51. The van der Waals surface area contributed by atoms with E-state index in [1.807, 2.05) is 24.6 Å². The number of aromatic nitrogens is 1. The van der Waals surface area contributed by atoms with Crippen LogP contribution in [0.15, 0.2) is 23.7 Å². The minimum Gasteiger partial charge on any atom is -0.506 e. The number of hydrogen-bond acceptors (Lipinski definition) is 5. The molecule has 1 aromatic carbocycles. The summed E-state index contributed by atoms with van der Waals surface area (Å²) in [6.45, 7) is 4.75. The van der Waals surface area contributed by atoms with Gasteiger partial charge >= 0.3 is 0 Å². The van der Waals surface area contributed by atoms with Gasteiger partial charge in [-0.25, -0.2) is 4.98 Å². The molecule has 4 nitrogen and oxygen atoms in total. The number of benzene rings is 1. The Balaban J connectivity index is 2.17. The molecular weight excluding hydrogens is 270 g/mol. The van der Waals surface area contributed by atoms with Crippen LogP contribution >= 0.6 is 11.3 Å². The van der Waals surface area contributed by atoms with Crippen LogP contribution < -0.4 is 5.32 Å². The number of phenols is 1. The molecule has 2 N–H and O–H groups in total. The Morgan fingerprint density at radius 1 is 1.50 bits per heavy atom. The molecule has 20 heavy (non-hydrogen) atoms. The third-order valence-electron chi connectivity index (χ3n) is 3.33. The third kappa shape index (κ3) is 2.98. The maximum Gasteiger partial charge on any atom is 0.138 e. The number of rotatable bonds is 5. The molecule has 0 aliphatic rings. The molecule has 1 aromatic heterocycles. The first-order chi connectivity index (χ1) is 9.67. The van der Waals surface area contributed by atoms with Crippen LogP contribution in [0.3, 0.4) is 0 Å². The highest BCUT2D eigenvalue weighted by atomic mass is 32.1. The molecule has 0 saturated carbocycles. The minimum absolute atomic E-state index is 0.0183. The second-order valence-corrected chi connectivity index (χ2v) is 5.50. The average Bonchev–Trinajstić information content (AvgIpc) is 2.86. The first-order valence-corrected chi connectivity index (χ1v) is 7.39. The zero-order valence-corrected chi connectivity index (χ0v) is 12.4. The van der Waals surface area contributed by atoms with E-state index in [2.05, 4.69) is 17.2 Å². The fourth-order valence-electron chi connectivity index (χ4n) is 2.12. The molecule has 0 aliphatic heterocycles. The quantitative estimate of drug-likeness (QED) is 0.885. The number of phenolic OH excluding ortho intramolecular Hbond substituents is 1. The molecule has 5 heteroatoms. The zero-order chi connectivity index (χ0) is 14.5. The minimum atomic E-state index is 0.0183. The number of thiazole rings is 1. The van der Waals surface area contributed by atoms with Gasteiger partial charge in [0.15, 0.2) is 0 Å². The second-order valence-electron chi connectivity index (χ2n) is 4.56. The van der Waals surface area contributed by atoms with Gasteiger partial charge in [0.05, 0.1) is 16.8 Å². The van der Waals surface area contributed by atoms with Crippen LogP contribution in [0.25, 0.3) is 0 Å². The maximum absolute atomic E-state index is 10.1. The summed E-state index contributed by atoms with van der Waals surface area (Å²) >= 11 is 1.62. The van der Waals surface area contributed by atoms with Crippen molar-refractivity contribution in [2.75, 3.05) is 0 Å². The summed E-state index contributed by atoms with van der Waals surface area (Å²) in [7, 11) is 0. The lowest BCUT2D eigenvalue weighted by Crippen LogP contribution is -2.20. The molecule has 0 amide bonds. The van der Waals surface area contributed by atoms with E-state index in [4.69, 9.17) is 5.26 Å². The number of nitrogens with one attached hydrogen (secondary N) is 1. The van der Waals surface area contributed by atoms with Crippen molar-refractivity contribution in [3.8, 4) is 11.8 Å². The second kappa shape index (κ2) is 6.51. The van der Waals surface area contributed by atoms with Gasteiger partial charge in [0.2, 0.25) is 0 Å². The highest BCUT2D eigenvalue weighted by Gasteiger charge is 2.16. The van der Waals surface area contributed by atoms with Crippen molar-refractivity contribution in [2.24, 2.45) is 0 Å². The van der Waals surface area contributed by atoms with Gasteiger partial charge in [-0.1, -0.05) is 19.1 Å². The van der Waals surface area contributed by atoms with Gasteiger partial charge in [-0.2, -0.15) is 5.26 Å². The summed E-state index contributed by atoms with van der Waals surface area (Å²) in [4.78, 5) is 5.42. The molecule has 1 unspecified atom stereocenters. The summed E-state index contributed by atoms with van der Waals surface area (Å²) < 4.78 is 0. The number of aromatic hydroxyl groups is 1. The predicted molar refractivity (Wildman–Crippen MR) is 79.5 cm³/mol. The summed E-state index contributed by atoms with van der Waals surface area (Å²) in [5.41, 5.74) is 3.96. The van der Waals surface area contributed by atoms with Crippen LogP contribution in [0, 0.1) is 18.3 Å². The molecule has 0 spiro atoms. The van der Waals surface area contributed by atoms with Crippen molar-refractivity contribution in [2.45, 2.75) is 32.9 Å². The van der Waals surface area contributed by atoms with Gasteiger partial charge in [-0.05, 0) is 19.4 Å². The Morgan fingerprint density at radius 2 is 2.30 bits per heavy atom. The van der Waals surface area contributed by atoms with Gasteiger partial charge in [0.25, 0.3) is 0 Å². The molecular formula is C15H17N3OS. The average molecular weight is 287 g/mol. The summed E-state index contributed by atoms with van der Waals surface area (Å²) in [6, 6.07) is 7.31. The van der Waals surface area contributed by atoms with Crippen molar-refractivity contribution < 1.29 is 5.11 Å². The van der Waals surface area contributed by atoms with Gasteiger partial charge in [0.1, 0.15) is 11.8 Å². The normalized spacial score (nSPS) is 12.1. The monoisotopic (exact) mass is 287 g/mol. The van der Waals surface area contributed by atoms with Crippen molar-refractivity contribution in [1.29, 1.82) is 5.26 Å². The summed E-state index contributed by atoms with van der Waals surface area (Å²) in [5.74, 6) is 0.0791. The largest absolute Gasteiger partial charge is 0.506 e. The van der Waals surface area contributed by atoms with E-state index >= 15 is 0 Å². The smallest absolute Gasteiger partial charge is 0.138 e. The van der Waals surface area contributed by atoms with Crippen LogP contribution in [-0.4, -0.2) is 10.1 Å². The Kier molecular flexibility index (Phi) is 4.72. The first kappa shape index (κ1) is 14.5. The number of hydrogen-bond donors (Lipinski definition) is 2. The van der Waals surface area contributed by atoms with Gasteiger partial charge in [-0.15, -0.1) is 11.3 Å². The Morgan fingerprint density at radius 3 is 2.90 bits per heavy atom. The van der Waals surface area contributed by atoms with Gasteiger partial charge < -0.3 is 10.4 Å². The Bertz CT molecular complexity index is 630.